The molecule has 0 unspecified atom stereocenters. The van der Waals surface area contributed by atoms with Gasteiger partial charge in [-0.25, -0.2) is 9.97 Å². The van der Waals surface area contributed by atoms with Gasteiger partial charge in [0, 0.05) is 19.3 Å². The van der Waals surface area contributed by atoms with Crippen LogP contribution in [0.1, 0.15) is 5.56 Å². The van der Waals surface area contributed by atoms with Gasteiger partial charge in [-0.1, -0.05) is 0 Å². The zero-order valence-corrected chi connectivity index (χ0v) is 10.2. The molecule has 2 aromatic heterocycles. The lowest BCUT2D eigenvalue weighted by Gasteiger charge is -2.05. The quantitative estimate of drug-likeness (QED) is 0.653. The van der Waals surface area contributed by atoms with Crippen LogP contribution in [0.4, 0.5) is 11.6 Å². The minimum atomic E-state index is 0.436. The fraction of sp³-hybridized carbons (Fsp3) is 0.200. The van der Waals surface area contributed by atoms with Crippen LogP contribution < -0.4 is 5.32 Å². The average molecular weight is 246 g/mol. The van der Waals surface area contributed by atoms with Gasteiger partial charge in [-0.05, 0) is 6.26 Å². The van der Waals surface area contributed by atoms with E-state index in [0.29, 0.717) is 22.2 Å². The molecule has 7 heteroatoms. The Bertz CT molecular complexity index is 570. The zero-order valence-electron chi connectivity index (χ0n) is 9.38. The average Bonchev–Trinajstić information content (AvgIpc) is 2.74. The van der Waals surface area contributed by atoms with Crippen LogP contribution in [-0.2, 0) is 7.05 Å². The van der Waals surface area contributed by atoms with E-state index in [2.05, 4.69) is 26.5 Å². The van der Waals surface area contributed by atoms with Crippen molar-refractivity contribution in [3.05, 3.63) is 24.2 Å². The zero-order chi connectivity index (χ0) is 12.3. The van der Waals surface area contributed by atoms with Crippen molar-refractivity contribution >= 4 is 23.4 Å². The number of rotatable bonds is 3. The predicted molar refractivity (Wildman–Crippen MR) is 65.0 cm³/mol. The fourth-order valence-electron chi connectivity index (χ4n) is 1.32. The fourth-order valence-corrected chi connectivity index (χ4v) is 1.82. The number of hydrogen-bond acceptors (Lipinski definition) is 6. The van der Waals surface area contributed by atoms with Crippen molar-refractivity contribution in [2.45, 2.75) is 5.03 Å². The van der Waals surface area contributed by atoms with Gasteiger partial charge in [-0.2, -0.15) is 10.4 Å². The summed E-state index contributed by atoms with van der Waals surface area (Å²) in [6.07, 6.45) is 5.11. The third kappa shape index (κ3) is 2.37. The van der Waals surface area contributed by atoms with Crippen molar-refractivity contribution in [1.82, 2.24) is 19.7 Å². The molecule has 2 heterocycles. The summed E-state index contributed by atoms with van der Waals surface area (Å²) in [6.45, 7) is 0. The summed E-state index contributed by atoms with van der Waals surface area (Å²) in [6, 6.07) is 3.91. The Morgan fingerprint density at radius 1 is 1.47 bits per heavy atom. The number of hydrogen-bond donors (Lipinski definition) is 1. The number of thioether (sulfide) groups is 1. The molecule has 2 rings (SSSR count). The maximum absolute atomic E-state index is 9.10. The van der Waals surface area contributed by atoms with Crippen LogP contribution in [0.25, 0.3) is 0 Å². The first-order valence-electron chi connectivity index (χ1n) is 4.80. The van der Waals surface area contributed by atoms with Crippen LogP contribution in [0.2, 0.25) is 0 Å². The second kappa shape index (κ2) is 4.84. The molecule has 0 bridgehead atoms. The van der Waals surface area contributed by atoms with Gasteiger partial charge in [0.05, 0.1) is 0 Å². The van der Waals surface area contributed by atoms with E-state index in [4.69, 9.17) is 5.26 Å². The Hall–Kier alpha value is -2.07. The second-order valence-corrected chi connectivity index (χ2v) is 4.01. The van der Waals surface area contributed by atoms with Crippen LogP contribution in [0.5, 0.6) is 0 Å². The molecular formula is C10H10N6S. The Kier molecular flexibility index (Phi) is 3.25. The molecule has 86 valence electrons. The molecule has 0 aliphatic carbocycles. The molecule has 0 saturated carbocycles. The minimum absolute atomic E-state index is 0.436. The Morgan fingerprint density at radius 2 is 2.29 bits per heavy atom. The van der Waals surface area contributed by atoms with Crippen LogP contribution in [0.15, 0.2) is 23.6 Å². The van der Waals surface area contributed by atoms with E-state index < -0.39 is 0 Å². The van der Waals surface area contributed by atoms with Crippen molar-refractivity contribution in [2.24, 2.45) is 7.05 Å². The van der Waals surface area contributed by atoms with Gasteiger partial charge in [0.2, 0.25) is 0 Å². The summed E-state index contributed by atoms with van der Waals surface area (Å²) in [5, 5.41) is 16.9. The number of aromatic nitrogens is 4. The van der Waals surface area contributed by atoms with Gasteiger partial charge < -0.3 is 5.32 Å². The summed E-state index contributed by atoms with van der Waals surface area (Å²) in [7, 11) is 1.82. The van der Waals surface area contributed by atoms with Crippen LogP contribution in [-0.4, -0.2) is 26.0 Å². The number of nitrogens with one attached hydrogen (secondary N) is 1. The predicted octanol–water partition coefficient (Wildman–Crippen LogP) is 1.55. The van der Waals surface area contributed by atoms with Crippen molar-refractivity contribution < 1.29 is 0 Å². The van der Waals surface area contributed by atoms with E-state index in [9.17, 15) is 0 Å². The first kappa shape index (κ1) is 11.4. The minimum Gasteiger partial charge on any atom is -0.322 e. The summed E-state index contributed by atoms with van der Waals surface area (Å²) in [5.41, 5.74) is 0.436. The van der Waals surface area contributed by atoms with Crippen LogP contribution >= 0.6 is 11.8 Å². The van der Waals surface area contributed by atoms with Crippen molar-refractivity contribution in [3.63, 3.8) is 0 Å². The molecule has 0 amide bonds. The first-order chi connectivity index (χ1) is 8.24. The lowest BCUT2D eigenvalue weighted by molar-refractivity contribution is 0.771. The van der Waals surface area contributed by atoms with E-state index in [1.165, 1.54) is 18.1 Å². The normalized spacial score (nSPS) is 9.94. The summed E-state index contributed by atoms with van der Waals surface area (Å²) in [4.78, 5) is 8.09. The maximum Gasteiger partial charge on any atom is 0.154 e. The molecule has 2 aromatic rings. The largest absolute Gasteiger partial charge is 0.322 e. The smallest absolute Gasteiger partial charge is 0.154 e. The number of anilines is 2. The molecule has 0 aromatic carbocycles. The third-order valence-electron chi connectivity index (χ3n) is 2.08. The topological polar surface area (TPSA) is 79.4 Å². The lowest BCUT2D eigenvalue weighted by Crippen LogP contribution is -2.01. The summed E-state index contributed by atoms with van der Waals surface area (Å²) < 4.78 is 1.67. The monoisotopic (exact) mass is 246 g/mol. The van der Waals surface area contributed by atoms with Crippen molar-refractivity contribution in [2.75, 3.05) is 11.6 Å². The maximum atomic E-state index is 9.10. The highest BCUT2D eigenvalue weighted by atomic mass is 32.2. The molecule has 0 aliphatic heterocycles. The van der Waals surface area contributed by atoms with Gasteiger partial charge in [-0.15, -0.1) is 11.8 Å². The highest BCUT2D eigenvalue weighted by Crippen LogP contribution is 2.23. The van der Waals surface area contributed by atoms with E-state index in [1.807, 2.05) is 25.6 Å². The highest BCUT2D eigenvalue weighted by Gasteiger charge is 2.11. The SMILES string of the molecule is CSc1ncnc(Nc2ccn(C)n2)c1C#N. The van der Waals surface area contributed by atoms with Crippen molar-refractivity contribution in [1.29, 1.82) is 5.26 Å². The summed E-state index contributed by atoms with van der Waals surface area (Å²) >= 11 is 1.41. The molecule has 17 heavy (non-hydrogen) atoms. The third-order valence-corrected chi connectivity index (χ3v) is 2.77. The Balaban J connectivity index is 2.36. The molecule has 0 atom stereocenters. The molecular weight excluding hydrogens is 236 g/mol. The van der Waals surface area contributed by atoms with Gasteiger partial charge >= 0.3 is 0 Å². The van der Waals surface area contributed by atoms with Gasteiger partial charge in [0.25, 0.3) is 0 Å². The first-order valence-corrected chi connectivity index (χ1v) is 6.03. The molecule has 0 saturated heterocycles. The molecule has 1 N–H and O–H groups in total. The van der Waals surface area contributed by atoms with E-state index in [1.54, 1.807) is 4.68 Å². The lowest BCUT2D eigenvalue weighted by atomic mass is 10.3. The highest BCUT2D eigenvalue weighted by molar-refractivity contribution is 7.98. The Labute approximate surface area is 103 Å². The molecule has 0 radical (unpaired) electrons. The number of aryl methyl sites for hydroxylation is 1. The molecule has 6 nitrogen and oxygen atoms in total. The van der Waals surface area contributed by atoms with Gasteiger partial charge in [0.15, 0.2) is 11.6 Å². The summed E-state index contributed by atoms with van der Waals surface area (Å²) in [5.74, 6) is 1.13. The molecule has 0 aliphatic rings. The van der Waals surface area contributed by atoms with E-state index >= 15 is 0 Å². The standard InChI is InChI=1S/C10H10N6S/c1-16-4-3-8(15-16)14-9-7(5-11)10(17-2)13-6-12-9/h3-4,6H,1-2H3,(H,12,13,14,15). The van der Waals surface area contributed by atoms with Crippen LogP contribution in [0, 0.1) is 11.3 Å². The molecule has 0 fully saturated rings. The second-order valence-electron chi connectivity index (χ2n) is 3.22. The van der Waals surface area contributed by atoms with Gasteiger partial charge in [-0.3, -0.25) is 4.68 Å². The van der Waals surface area contributed by atoms with Crippen LogP contribution in [0.3, 0.4) is 0 Å². The number of nitrogens with zero attached hydrogens (tertiary/aromatic N) is 5. The number of nitriles is 1. The Morgan fingerprint density at radius 3 is 2.88 bits per heavy atom. The van der Waals surface area contributed by atoms with Crippen molar-refractivity contribution in [3.8, 4) is 6.07 Å². The van der Waals surface area contributed by atoms with Gasteiger partial charge in [0.1, 0.15) is 23.0 Å². The molecule has 0 spiro atoms. The van der Waals surface area contributed by atoms with E-state index in [-0.39, 0.29) is 0 Å². The van der Waals surface area contributed by atoms with E-state index in [0.717, 1.165) is 0 Å².